The first-order chi connectivity index (χ1) is 14.2. The molecule has 0 atom stereocenters. The Morgan fingerprint density at radius 1 is 1.30 bits per heavy atom. The van der Waals surface area contributed by atoms with Gasteiger partial charge >= 0.3 is 6.18 Å². The van der Waals surface area contributed by atoms with Crippen molar-refractivity contribution in [1.29, 1.82) is 0 Å². The predicted octanol–water partition coefficient (Wildman–Crippen LogP) is 3.04. The third-order valence-corrected chi connectivity index (χ3v) is 4.55. The number of phenols is 1. The van der Waals surface area contributed by atoms with Gasteiger partial charge in [0.1, 0.15) is 0 Å². The van der Waals surface area contributed by atoms with Crippen LogP contribution < -0.4 is 14.9 Å². The number of aromatic hydroxyl groups is 1. The zero-order valence-electron chi connectivity index (χ0n) is 16.4. The standard InChI is InChI=1S/C19H21F3N4O4/c1-29-14-7-11(8-15(30-2)18(14)28)10-23-24-17(27)5-6-26-13(12-3-4-12)9-16(25-26)19(20,21)22/h7-10,12,28H,3-6H2,1-2H3,(H,24,27)/b23-10-. The van der Waals surface area contributed by atoms with E-state index < -0.39 is 17.8 Å². The number of hydrogen-bond acceptors (Lipinski definition) is 6. The van der Waals surface area contributed by atoms with Crippen LogP contribution in [0.2, 0.25) is 0 Å². The molecule has 0 spiro atoms. The molecule has 1 aromatic heterocycles. The molecular formula is C19H21F3N4O4. The van der Waals surface area contributed by atoms with Crippen LogP contribution in [-0.4, -0.2) is 41.2 Å². The molecule has 1 aliphatic carbocycles. The number of ether oxygens (including phenoxy) is 2. The molecule has 0 bridgehead atoms. The lowest BCUT2D eigenvalue weighted by Gasteiger charge is -2.09. The van der Waals surface area contributed by atoms with Crippen molar-refractivity contribution in [2.45, 2.75) is 37.9 Å². The summed E-state index contributed by atoms with van der Waals surface area (Å²) in [6.45, 7) is 0.0180. The Bertz CT molecular complexity index is 927. The first kappa shape index (κ1) is 21.5. The smallest absolute Gasteiger partial charge is 0.435 e. The monoisotopic (exact) mass is 426 g/mol. The summed E-state index contributed by atoms with van der Waals surface area (Å²) in [6.07, 6.45) is -1.64. The minimum atomic E-state index is -4.52. The molecule has 3 rings (SSSR count). The number of phenolic OH excluding ortho intramolecular Hbond substituents is 1. The van der Waals surface area contributed by atoms with Gasteiger partial charge in [-0.1, -0.05) is 0 Å². The molecule has 0 unspecified atom stereocenters. The molecule has 1 amide bonds. The van der Waals surface area contributed by atoms with Crippen LogP contribution in [0.4, 0.5) is 13.2 Å². The predicted molar refractivity (Wildman–Crippen MR) is 101 cm³/mol. The lowest BCUT2D eigenvalue weighted by molar-refractivity contribution is -0.141. The van der Waals surface area contributed by atoms with Gasteiger partial charge in [-0.3, -0.25) is 9.48 Å². The Labute approximate surface area is 170 Å². The summed E-state index contributed by atoms with van der Waals surface area (Å²) < 4.78 is 50.1. The number of nitrogens with zero attached hydrogens (tertiary/aromatic N) is 3. The number of hydrazone groups is 1. The van der Waals surface area contributed by atoms with Crippen molar-refractivity contribution in [3.05, 3.63) is 35.2 Å². The number of aryl methyl sites for hydroxylation is 1. The molecule has 0 saturated heterocycles. The summed E-state index contributed by atoms with van der Waals surface area (Å²) in [5, 5.41) is 17.3. The van der Waals surface area contributed by atoms with Crippen molar-refractivity contribution >= 4 is 12.1 Å². The van der Waals surface area contributed by atoms with E-state index in [0.29, 0.717) is 11.3 Å². The summed E-state index contributed by atoms with van der Waals surface area (Å²) in [7, 11) is 2.76. The lowest BCUT2D eigenvalue weighted by Crippen LogP contribution is -2.20. The molecule has 162 valence electrons. The number of nitrogens with one attached hydrogen (secondary N) is 1. The molecular weight excluding hydrogens is 405 g/mol. The minimum Gasteiger partial charge on any atom is -0.502 e. The highest BCUT2D eigenvalue weighted by molar-refractivity contribution is 5.84. The van der Waals surface area contributed by atoms with Gasteiger partial charge in [-0.15, -0.1) is 0 Å². The molecule has 11 heteroatoms. The van der Waals surface area contributed by atoms with E-state index in [0.717, 1.165) is 18.9 Å². The number of halogens is 3. The molecule has 8 nitrogen and oxygen atoms in total. The molecule has 0 radical (unpaired) electrons. The van der Waals surface area contributed by atoms with Gasteiger partial charge in [-0.25, -0.2) is 5.43 Å². The van der Waals surface area contributed by atoms with Crippen LogP contribution in [0.15, 0.2) is 23.3 Å². The molecule has 1 saturated carbocycles. The summed E-state index contributed by atoms with van der Waals surface area (Å²) in [5.41, 5.74) is 2.37. The number of rotatable bonds is 8. The number of carbonyl (C=O) groups excluding carboxylic acids is 1. The Balaban J connectivity index is 1.60. The summed E-state index contributed by atoms with van der Waals surface area (Å²) in [5.74, 6) is -0.225. The molecule has 2 N–H and O–H groups in total. The molecule has 30 heavy (non-hydrogen) atoms. The van der Waals surface area contributed by atoms with Gasteiger partial charge in [0, 0.05) is 23.6 Å². The van der Waals surface area contributed by atoms with E-state index in [9.17, 15) is 23.1 Å². The Morgan fingerprint density at radius 3 is 2.47 bits per heavy atom. The molecule has 1 heterocycles. The van der Waals surface area contributed by atoms with Crippen molar-refractivity contribution in [3.63, 3.8) is 0 Å². The highest BCUT2D eigenvalue weighted by Crippen LogP contribution is 2.42. The topological polar surface area (TPSA) is 98.0 Å². The number of carbonyl (C=O) groups is 1. The third-order valence-electron chi connectivity index (χ3n) is 4.55. The molecule has 1 aliphatic rings. The summed E-state index contributed by atoms with van der Waals surface area (Å²) >= 11 is 0. The Morgan fingerprint density at radius 2 is 1.93 bits per heavy atom. The number of amides is 1. The highest BCUT2D eigenvalue weighted by atomic mass is 19.4. The highest BCUT2D eigenvalue weighted by Gasteiger charge is 2.37. The summed E-state index contributed by atoms with van der Waals surface area (Å²) in [6, 6.07) is 4.05. The largest absolute Gasteiger partial charge is 0.502 e. The van der Waals surface area contributed by atoms with Gasteiger partial charge in [0.05, 0.1) is 27.0 Å². The maximum Gasteiger partial charge on any atom is 0.435 e. The molecule has 1 fully saturated rings. The average Bonchev–Trinajstić information content (AvgIpc) is 3.45. The van der Waals surface area contributed by atoms with E-state index >= 15 is 0 Å². The second-order valence-corrected chi connectivity index (χ2v) is 6.77. The number of aromatic nitrogens is 2. The Hall–Kier alpha value is -3.24. The van der Waals surface area contributed by atoms with Crippen LogP contribution in [0.5, 0.6) is 17.2 Å². The van der Waals surface area contributed by atoms with Crippen molar-refractivity contribution in [3.8, 4) is 17.2 Å². The van der Waals surface area contributed by atoms with Gasteiger partial charge in [0.2, 0.25) is 11.7 Å². The molecule has 2 aromatic rings. The fraction of sp³-hybridized carbons (Fsp3) is 0.421. The van der Waals surface area contributed by atoms with Gasteiger partial charge in [-0.2, -0.15) is 23.4 Å². The van der Waals surface area contributed by atoms with Crippen LogP contribution in [0.25, 0.3) is 0 Å². The zero-order valence-corrected chi connectivity index (χ0v) is 16.4. The fourth-order valence-corrected chi connectivity index (χ4v) is 2.89. The lowest BCUT2D eigenvalue weighted by atomic mass is 10.2. The SMILES string of the molecule is COc1cc(/C=N\NC(=O)CCn2nc(C(F)(F)F)cc2C2CC2)cc(OC)c1O. The fourth-order valence-electron chi connectivity index (χ4n) is 2.89. The van der Waals surface area contributed by atoms with Crippen LogP contribution >= 0.6 is 0 Å². The first-order valence-corrected chi connectivity index (χ1v) is 9.14. The van der Waals surface area contributed by atoms with Gasteiger partial charge < -0.3 is 14.6 Å². The van der Waals surface area contributed by atoms with Gasteiger partial charge in [0.15, 0.2) is 17.2 Å². The number of methoxy groups -OCH3 is 2. The van der Waals surface area contributed by atoms with Crippen LogP contribution in [0.1, 0.15) is 42.1 Å². The van der Waals surface area contributed by atoms with Crippen LogP contribution in [-0.2, 0) is 17.5 Å². The van der Waals surface area contributed by atoms with Crippen molar-refractivity contribution in [1.82, 2.24) is 15.2 Å². The first-order valence-electron chi connectivity index (χ1n) is 9.14. The summed E-state index contributed by atoms with van der Waals surface area (Å²) in [4.78, 5) is 12.0. The quantitative estimate of drug-likeness (QED) is 0.500. The van der Waals surface area contributed by atoms with Crippen LogP contribution in [0.3, 0.4) is 0 Å². The number of hydrogen-bond donors (Lipinski definition) is 2. The van der Waals surface area contributed by atoms with E-state index in [1.165, 1.54) is 37.2 Å². The maximum atomic E-state index is 12.9. The van der Waals surface area contributed by atoms with E-state index in [-0.39, 0.29) is 36.1 Å². The second-order valence-electron chi connectivity index (χ2n) is 6.77. The Kier molecular flexibility index (Phi) is 6.18. The molecule has 0 aliphatic heterocycles. The molecule has 1 aromatic carbocycles. The second kappa shape index (κ2) is 8.64. The average molecular weight is 426 g/mol. The minimum absolute atomic E-state index is 0.0180. The normalized spacial score (nSPS) is 14.2. The van der Waals surface area contributed by atoms with E-state index in [1.54, 1.807) is 0 Å². The number of benzene rings is 1. The third kappa shape index (κ3) is 5.02. The van der Waals surface area contributed by atoms with E-state index in [2.05, 4.69) is 15.6 Å². The zero-order chi connectivity index (χ0) is 21.9. The van der Waals surface area contributed by atoms with Crippen molar-refractivity contribution in [2.24, 2.45) is 5.10 Å². The van der Waals surface area contributed by atoms with Gasteiger partial charge in [-0.05, 0) is 31.0 Å². The van der Waals surface area contributed by atoms with Crippen molar-refractivity contribution < 1.29 is 32.5 Å². The van der Waals surface area contributed by atoms with Crippen molar-refractivity contribution in [2.75, 3.05) is 14.2 Å². The van der Waals surface area contributed by atoms with E-state index in [4.69, 9.17) is 9.47 Å². The van der Waals surface area contributed by atoms with Gasteiger partial charge in [0.25, 0.3) is 0 Å². The van der Waals surface area contributed by atoms with Crippen LogP contribution in [0, 0.1) is 0 Å². The maximum absolute atomic E-state index is 12.9. The van der Waals surface area contributed by atoms with E-state index in [1.807, 2.05) is 0 Å². The number of alkyl halides is 3.